The molecule has 1 aromatic heterocycles. The van der Waals surface area contributed by atoms with Gasteiger partial charge in [-0.3, -0.25) is 4.79 Å². The third-order valence-electron chi connectivity index (χ3n) is 4.24. The van der Waals surface area contributed by atoms with Gasteiger partial charge in [0.25, 0.3) is 0 Å². The largest absolute Gasteiger partial charge is 0.357 e. The Morgan fingerprint density at radius 2 is 2.13 bits per heavy atom. The van der Waals surface area contributed by atoms with Crippen molar-refractivity contribution < 1.29 is 4.79 Å². The van der Waals surface area contributed by atoms with E-state index in [9.17, 15) is 4.79 Å². The average molecular weight is 397 g/mol. The van der Waals surface area contributed by atoms with Crippen molar-refractivity contribution in [3.05, 3.63) is 33.8 Å². The van der Waals surface area contributed by atoms with Crippen molar-refractivity contribution in [3.8, 4) is 0 Å². The average Bonchev–Trinajstić information content (AvgIpc) is 2.55. The first-order valence-corrected chi connectivity index (χ1v) is 9.04. The lowest BCUT2D eigenvalue weighted by Crippen LogP contribution is -2.40. The van der Waals surface area contributed by atoms with Crippen LogP contribution in [0.3, 0.4) is 0 Å². The molecule has 6 heteroatoms. The number of pyridine rings is 1. The lowest BCUT2D eigenvalue weighted by Gasteiger charge is -2.32. The van der Waals surface area contributed by atoms with Gasteiger partial charge in [-0.1, -0.05) is 27.5 Å². The first kappa shape index (κ1) is 16.5. The second-order valence-corrected chi connectivity index (χ2v) is 7.11. The van der Waals surface area contributed by atoms with Crippen LogP contribution >= 0.6 is 27.5 Å². The van der Waals surface area contributed by atoms with E-state index in [-0.39, 0.29) is 11.8 Å². The van der Waals surface area contributed by atoms with Crippen molar-refractivity contribution in [1.29, 1.82) is 0 Å². The topological polar surface area (TPSA) is 45.2 Å². The van der Waals surface area contributed by atoms with E-state index in [2.05, 4.69) is 26.1 Å². The number of carbonyl (C=O) groups is 1. The van der Waals surface area contributed by atoms with Gasteiger partial charge in [-0.2, -0.15) is 0 Å². The Balaban J connectivity index is 1.76. The fourth-order valence-corrected chi connectivity index (χ4v) is 3.89. The summed E-state index contributed by atoms with van der Waals surface area (Å²) >= 11 is 9.76. The lowest BCUT2D eigenvalue weighted by molar-refractivity contribution is -0.125. The number of piperidine rings is 1. The first-order valence-electron chi connectivity index (χ1n) is 7.87. The predicted octanol–water partition coefficient (Wildman–Crippen LogP) is 4.00. The van der Waals surface area contributed by atoms with Gasteiger partial charge in [0.15, 0.2) is 0 Å². The summed E-state index contributed by atoms with van der Waals surface area (Å²) in [7, 11) is 0. The van der Waals surface area contributed by atoms with Crippen molar-refractivity contribution in [2.45, 2.75) is 19.8 Å². The number of anilines is 1. The number of benzene rings is 1. The molecule has 0 unspecified atom stereocenters. The number of nitrogens with zero attached hydrogens (tertiary/aromatic N) is 2. The number of aromatic nitrogens is 1. The van der Waals surface area contributed by atoms with Crippen LogP contribution in [-0.4, -0.2) is 30.5 Å². The summed E-state index contributed by atoms with van der Waals surface area (Å²) in [6, 6.07) is 7.95. The molecule has 0 radical (unpaired) electrons. The van der Waals surface area contributed by atoms with E-state index in [1.54, 1.807) is 0 Å². The zero-order chi connectivity index (χ0) is 16.4. The zero-order valence-electron chi connectivity index (χ0n) is 13.0. The third kappa shape index (κ3) is 3.61. The molecule has 0 bridgehead atoms. The SMILES string of the molecule is CCNC(=O)C1CCN(c2ccc3cc(Br)cc(Cl)c3n2)CC1. The number of amides is 1. The summed E-state index contributed by atoms with van der Waals surface area (Å²) in [6.07, 6.45) is 1.72. The normalized spacial score (nSPS) is 15.9. The van der Waals surface area contributed by atoms with Crippen molar-refractivity contribution in [2.24, 2.45) is 5.92 Å². The number of halogens is 2. The molecule has 1 aromatic carbocycles. The highest BCUT2D eigenvalue weighted by Gasteiger charge is 2.25. The van der Waals surface area contributed by atoms with Crippen LogP contribution in [0.25, 0.3) is 10.9 Å². The molecule has 1 amide bonds. The molecule has 0 aliphatic carbocycles. The van der Waals surface area contributed by atoms with Gasteiger partial charge < -0.3 is 10.2 Å². The molecule has 1 aliphatic rings. The summed E-state index contributed by atoms with van der Waals surface area (Å²) in [4.78, 5) is 18.9. The van der Waals surface area contributed by atoms with E-state index in [1.807, 2.05) is 31.2 Å². The number of nitrogens with one attached hydrogen (secondary N) is 1. The molecule has 1 aliphatic heterocycles. The van der Waals surface area contributed by atoms with Gasteiger partial charge in [0.05, 0.1) is 10.5 Å². The second-order valence-electron chi connectivity index (χ2n) is 5.78. The molecule has 0 spiro atoms. The molecule has 1 N–H and O–H groups in total. The molecule has 23 heavy (non-hydrogen) atoms. The van der Waals surface area contributed by atoms with Crippen LogP contribution in [-0.2, 0) is 4.79 Å². The maximum absolute atomic E-state index is 11.9. The molecular formula is C17H19BrClN3O. The van der Waals surface area contributed by atoms with E-state index < -0.39 is 0 Å². The van der Waals surface area contributed by atoms with E-state index >= 15 is 0 Å². The molecule has 4 nitrogen and oxygen atoms in total. The van der Waals surface area contributed by atoms with Crippen LogP contribution < -0.4 is 10.2 Å². The van der Waals surface area contributed by atoms with Crippen LogP contribution in [0.5, 0.6) is 0 Å². The molecule has 0 atom stereocenters. The number of hydrogen-bond donors (Lipinski definition) is 1. The summed E-state index contributed by atoms with van der Waals surface area (Å²) < 4.78 is 0.951. The van der Waals surface area contributed by atoms with Gasteiger partial charge in [0.1, 0.15) is 5.82 Å². The molecule has 0 saturated carbocycles. The fraction of sp³-hybridized carbons (Fsp3) is 0.412. The van der Waals surface area contributed by atoms with Gasteiger partial charge in [-0.15, -0.1) is 0 Å². The Morgan fingerprint density at radius 3 is 2.83 bits per heavy atom. The van der Waals surface area contributed by atoms with E-state index in [0.29, 0.717) is 11.6 Å². The van der Waals surface area contributed by atoms with Crippen molar-refractivity contribution in [3.63, 3.8) is 0 Å². The number of carbonyl (C=O) groups excluding carboxylic acids is 1. The van der Waals surface area contributed by atoms with Crippen LogP contribution in [0, 0.1) is 5.92 Å². The third-order valence-corrected chi connectivity index (χ3v) is 4.98. The molecule has 122 valence electrons. The predicted molar refractivity (Wildman–Crippen MR) is 98.1 cm³/mol. The minimum absolute atomic E-state index is 0.117. The summed E-state index contributed by atoms with van der Waals surface area (Å²) in [5.74, 6) is 1.22. The summed E-state index contributed by atoms with van der Waals surface area (Å²) in [5, 5.41) is 4.58. The molecule has 1 saturated heterocycles. The number of hydrogen-bond acceptors (Lipinski definition) is 3. The van der Waals surface area contributed by atoms with Gasteiger partial charge in [-0.05, 0) is 44.0 Å². The Morgan fingerprint density at radius 1 is 1.39 bits per heavy atom. The minimum Gasteiger partial charge on any atom is -0.357 e. The van der Waals surface area contributed by atoms with Crippen LogP contribution in [0.1, 0.15) is 19.8 Å². The standard InChI is InChI=1S/C17H19BrClN3O/c1-2-20-17(23)11-5-7-22(8-6-11)15-4-3-12-9-13(18)10-14(19)16(12)21-15/h3-4,9-11H,2,5-8H2,1H3,(H,20,23). The smallest absolute Gasteiger partial charge is 0.223 e. The fourth-order valence-electron chi connectivity index (χ4n) is 3.01. The number of rotatable bonds is 3. The van der Waals surface area contributed by atoms with Crippen LogP contribution in [0.2, 0.25) is 5.02 Å². The maximum Gasteiger partial charge on any atom is 0.223 e. The van der Waals surface area contributed by atoms with Crippen LogP contribution in [0.15, 0.2) is 28.7 Å². The molecule has 2 aromatic rings. The monoisotopic (exact) mass is 395 g/mol. The lowest BCUT2D eigenvalue weighted by atomic mass is 9.96. The van der Waals surface area contributed by atoms with Crippen LogP contribution in [0.4, 0.5) is 5.82 Å². The summed E-state index contributed by atoms with van der Waals surface area (Å²) in [6.45, 7) is 4.33. The molecular weight excluding hydrogens is 378 g/mol. The quantitative estimate of drug-likeness (QED) is 0.853. The van der Waals surface area contributed by atoms with Crippen molar-refractivity contribution in [2.75, 3.05) is 24.5 Å². The highest BCUT2D eigenvalue weighted by molar-refractivity contribution is 9.10. The molecule has 3 rings (SSSR count). The van der Waals surface area contributed by atoms with E-state index in [0.717, 1.165) is 47.1 Å². The number of fused-ring (bicyclic) bond motifs is 1. The first-order chi connectivity index (χ1) is 11.1. The molecule has 1 fully saturated rings. The van der Waals surface area contributed by atoms with Gasteiger partial charge in [-0.25, -0.2) is 4.98 Å². The van der Waals surface area contributed by atoms with Gasteiger partial charge in [0, 0.05) is 35.4 Å². The second kappa shape index (κ2) is 7.05. The van der Waals surface area contributed by atoms with Crippen molar-refractivity contribution in [1.82, 2.24) is 10.3 Å². The zero-order valence-corrected chi connectivity index (χ0v) is 15.3. The highest BCUT2D eigenvalue weighted by Crippen LogP contribution is 2.30. The Hall–Kier alpha value is -1.33. The minimum atomic E-state index is 0.117. The van der Waals surface area contributed by atoms with Gasteiger partial charge >= 0.3 is 0 Å². The van der Waals surface area contributed by atoms with E-state index in [4.69, 9.17) is 16.6 Å². The molecule has 2 heterocycles. The Bertz CT molecular complexity index is 729. The highest BCUT2D eigenvalue weighted by atomic mass is 79.9. The Labute approximate surface area is 149 Å². The van der Waals surface area contributed by atoms with Gasteiger partial charge in [0.2, 0.25) is 5.91 Å². The maximum atomic E-state index is 11.9. The van der Waals surface area contributed by atoms with E-state index in [1.165, 1.54) is 0 Å². The van der Waals surface area contributed by atoms with Crippen molar-refractivity contribution >= 4 is 50.2 Å². The Kier molecular flexibility index (Phi) is 5.07. The summed E-state index contributed by atoms with van der Waals surface area (Å²) in [5.41, 5.74) is 0.818.